The second-order valence-electron chi connectivity index (χ2n) is 3.99. The fourth-order valence-corrected chi connectivity index (χ4v) is 1.94. The van der Waals surface area contributed by atoms with Crippen LogP contribution in [0.1, 0.15) is 19.8 Å². The Labute approximate surface area is 96.8 Å². The van der Waals surface area contributed by atoms with E-state index in [1.165, 1.54) is 6.42 Å². The van der Waals surface area contributed by atoms with Crippen LogP contribution in [0.2, 0.25) is 0 Å². The monoisotopic (exact) mass is 221 g/mol. The summed E-state index contributed by atoms with van der Waals surface area (Å²) in [6.07, 6.45) is 2.30. The van der Waals surface area contributed by atoms with Gasteiger partial charge in [-0.05, 0) is 31.9 Å². The van der Waals surface area contributed by atoms with Gasteiger partial charge in [0.25, 0.3) is 0 Å². The number of anilines is 1. The molecule has 0 radical (unpaired) electrons. The van der Waals surface area contributed by atoms with Crippen molar-refractivity contribution in [1.82, 2.24) is 0 Å². The van der Waals surface area contributed by atoms with E-state index in [0.717, 1.165) is 31.1 Å². The van der Waals surface area contributed by atoms with Gasteiger partial charge < -0.3 is 14.8 Å². The lowest BCUT2D eigenvalue weighted by atomic mass is 10.1. The average Bonchev–Trinajstić information content (AvgIpc) is 2.33. The molecule has 1 heterocycles. The summed E-state index contributed by atoms with van der Waals surface area (Å²) < 4.78 is 11.0. The maximum atomic E-state index is 5.58. The first kappa shape index (κ1) is 11.3. The first-order chi connectivity index (χ1) is 7.90. The summed E-state index contributed by atoms with van der Waals surface area (Å²) in [5.74, 6) is 0.926. The fourth-order valence-electron chi connectivity index (χ4n) is 1.94. The molecular formula is C13H19NO2. The second-order valence-corrected chi connectivity index (χ2v) is 3.99. The number of para-hydroxylation sites is 2. The third-order valence-electron chi connectivity index (χ3n) is 2.71. The summed E-state index contributed by atoms with van der Waals surface area (Å²) in [6.45, 7) is 4.38. The Morgan fingerprint density at radius 3 is 3.06 bits per heavy atom. The van der Waals surface area contributed by atoms with Gasteiger partial charge in [-0.2, -0.15) is 0 Å². The van der Waals surface area contributed by atoms with Gasteiger partial charge in [0.2, 0.25) is 0 Å². The lowest BCUT2D eigenvalue weighted by Crippen LogP contribution is -2.30. The first-order valence-corrected chi connectivity index (χ1v) is 5.96. The van der Waals surface area contributed by atoms with Crippen LogP contribution in [0, 0.1) is 0 Å². The number of hydrogen-bond donors (Lipinski definition) is 1. The second kappa shape index (κ2) is 5.75. The zero-order chi connectivity index (χ0) is 11.2. The largest absolute Gasteiger partial charge is 0.492 e. The number of rotatable bonds is 4. The van der Waals surface area contributed by atoms with Gasteiger partial charge in [-0.25, -0.2) is 0 Å². The highest BCUT2D eigenvalue weighted by atomic mass is 16.5. The van der Waals surface area contributed by atoms with E-state index in [-0.39, 0.29) is 0 Å². The van der Waals surface area contributed by atoms with Crippen molar-refractivity contribution in [2.75, 3.05) is 25.1 Å². The van der Waals surface area contributed by atoms with E-state index in [1.807, 2.05) is 25.1 Å². The zero-order valence-electron chi connectivity index (χ0n) is 9.74. The van der Waals surface area contributed by atoms with Crippen LogP contribution >= 0.6 is 0 Å². The molecule has 0 amide bonds. The summed E-state index contributed by atoms with van der Waals surface area (Å²) in [4.78, 5) is 0. The molecule has 0 saturated carbocycles. The first-order valence-electron chi connectivity index (χ1n) is 5.96. The lowest BCUT2D eigenvalue weighted by molar-refractivity contribution is 0.0875. The molecule has 3 heteroatoms. The lowest BCUT2D eigenvalue weighted by Gasteiger charge is -2.25. The highest BCUT2D eigenvalue weighted by molar-refractivity contribution is 5.56. The summed E-state index contributed by atoms with van der Waals surface area (Å²) >= 11 is 0. The molecule has 1 N–H and O–H groups in total. The smallest absolute Gasteiger partial charge is 0.142 e. The van der Waals surface area contributed by atoms with Crippen molar-refractivity contribution in [3.8, 4) is 5.75 Å². The Balaban J connectivity index is 2.01. The molecule has 16 heavy (non-hydrogen) atoms. The SMILES string of the molecule is CCOc1ccccc1NC1CCCOC1. The molecule has 88 valence electrons. The Bertz CT molecular complexity index is 321. The quantitative estimate of drug-likeness (QED) is 0.848. The number of benzene rings is 1. The van der Waals surface area contributed by atoms with Crippen molar-refractivity contribution in [2.45, 2.75) is 25.8 Å². The van der Waals surface area contributed by atoms with Gasteiger partial charge in [0.1, 0.15) is 5.75 Å². The number of ether oxygens (including phenoxy) is 2. The molecular weight excluding hydrogens is 202 g/mol. The molecule has 2 rings (SSSR count). The van der Waals surface area contributed by atoms with E-state index in [0.29, 0.717) is 12.6 Å². The summed E-state index contributed by atoms with van der Waals surface area (Å²) in [7, 11) is 0. The minimum atomic E-state index is 0.412. The molecule has 1 unspecified atom stereocenters. The van der Waals surface area contributed by atoms with Gasteiger partial charge in [0, 0.05) is 12.6 Å². The minimum Gasteiger partial charge on any atom is -0.492 e. The highest BCUT2D eigenvalue weighted by Crippen LogP contribution is 2.25. The summed E-state index contributed by atoms with van der Waals surface area (Å²) in [5.41, 5.74) is 1.07. The van der Waals surface area contributed by atoms with Crippen LogP contribution in [0.15, 0.2) is 24.3 Å². The number of nitrogens with one attached hydrogen (secondary N) is 1. The van der Waals surface area contributed by atoms with Crippen LogP contribution in [0.3, 0.4) is 0 Å². The normalized spacial score (nSPS) is 20.4. The Hall–Kier alpha value is -1.22. The molecule has 0 aliphatic carbocycles. The molecule has 1 saturated heterocycles. The average molecular weight is 221 g/mol. The van der Waals surface area contributed by atoms with Gasteiger partial charge in [0.15, 0.2) is 0 Å². The molecule has 1 fully saturated rings. The van der Waals surface area contributed by atoms with Crippen molar-refractivity contribution in [3.05, 3.63) is 24.3 Å². The van der Waals surface area contributed by atoms with Gasteiger partial charge in [-0.3, -0.25) is 0 Å². The fraction of sp³-hybridized carbons (Fsp3) is 0.538. The van der Waals surface area contributed by atoms with Crippen molar-refractivity contribution < 1.29 is 9.47 Å². The Morgan fingerprint density at radius 1 is 1.44 bits per heavy atom. The molecule has 1 aromatic carbocycles. The molecule has 0 spiro atoms. The predicted octanol–water partition coefficient (Wildman–Crippen LogP) is 2.68. The molecule has 1 atom stereocenters. The number of hydrogen-bond acceptors (Lipinski definition) is 3. The molecule has 1 aliphatic rings. The van der Waals surface area contributed by atoms with Crippen molar-refractivity contribution in [1.29, 1.82) is 0 Å². The van der Waals surface area contributed by atoms with E-state index in [2.05, 4.69) is 11.4 Å². The zero-order valence-corrected chi connectivity index (χ0v) is 9.74. The van der Waals surface area contributed by atoms with E-state index in [4.69, 9.17) is 9.47 Å². The molecule has 0 bridgehead atoms. The van der Waals surface area contributed by atoms with Gasteiger partial charge in [0.05, 0.1) is 18.9 Å². The van der Waals surface area contributed by atoms with E-state index < -0.39 is 0 Å². The third kappa shape index (κ3) is 2.89. The van der Waals surface area contributed by atoms with Crippen LogP contribution in [0.4, 0.5) is 5.69 Å². The van der Waals surface area contributed by atoms with Crippen molar-refractivity contribution in [3.63, 3.8) is 0 Å². The molecule has 0 aromatic heterocycles. The van der Waals surface area contributed by atoms with E-state index in [1.54, 1.807) is 0 Å². The molecule has 1 aromatic rings. The van der Waals surface area contributed by atoms with Crippen LogP contribution < -0.4 is 10.1 Å². The van der Waals surface area contributed by atoms with Crippen LogP contribution in [-0.2, 0) is 4.74 Å². The maximum absolute atomic E-state index is 5.58. The maximum Gasteiger partial charge on any atom is 0.142 e. The molecule has 3 nitrogen and oxygen atoms in total. The van der Waals surface area contributed by atoms with Crippen molar-refractivity contribution >= 4 is 5.69 Å². The van der Waals surface area contributed by atoms with Crippen molar-refractivity contribution in [2.24, 2.45) is 0 Å². The standard InChI is InChI=1S/C13H19NO2/c1-2-16-13-8-4-3-7-12(13)14-11-6-5-9-15-10-11/h3-4,7-8,11,14H,2,5-6,9-10H2,1H3. The molecule has 1 aliphatic heterocycles. The summed E-state index contributed by atoms with van der Waals surface area (Å²) in [6, 6.07) is 8.48. The van der Waals surface area contributed by atoms with E-state index in [9.17, 15) is 0 Å². The van der Waals surface area contributed by atoms with Gasteiger partial charge in [-0.15, -0.1) is 0 Å². The Kier molecular flexibility index (Phi) is 4.05. The topological polar surface area (TPSA) is 30.5 Å². The van der Waals surface area contributed by atoms with Gasteiger partial charge >= 0.3 is 0 Å². The van der Waals surface area contributed by atoms with Crippen LogP contribution in [-0.4, -0.2) is 25.9 Å². The predicted molar refractivity (Wildman–Crippen MR) is 65.1 cm³/mol. The van der Waals surface area contributed by atoms with Gasteiger partial charge in [-0.1, -0.05) is 12.1 Å². The third-order valence-corrected chi connectivity index (χ3v) is 2.71. The van der Waals surface area contributed by atoms with Crippen LogP contribution in [0.5, 0.6) is 5.75 Å². The van der Waals surface area contributed by atoms with Crippen LogP contribution in [0.25, 0.3) is 0 Å². The Morgan fingerprint density at radius 2 is 2.31 bits per heavy atom. The summed E-state index contributed by atoms with van der Waals surface area (Å²) in [5, 5.41) is 3.48. The minimum absolute atomic E-state index is 0.412. The highest BCUT2D eigenvalue weighted by Gasteiger charge is 2.14. The van der Waals surface area contributed by atoms with E-state index >= 15 is 0 Å².